The zero-order chi connectivity index (χ0) is 17.2. The van der Waals surface area contributed by atoms with Gasteiger partial charge in [-0.2, -0.15) is 0 Å². The normalized spacial score (nSPS) is 27.1. The molecule has 2 heterocycles. The molecule has 1 fully saturated rings. The van der Waals surface area contributed by atoms with E-state index >= 15 is 0 Å². The maximum Gasteiger partial charge on any atom is 0.128 e. The molecule has 132 valence electrons. The van der Waals surface area contributed by atoms with E-state index in [4.69, 9.17) is 0 Å². The van der Waals surface area contributed by atoms with Crippen LogP contribution < -0.4 is 4.90 Å². The van der Waals surface area contributed by atoms with E-state index in [9.17, 15) is 5.11 Å². The predicted molar refractivity (Wildman–Crippen MR) is 101 cm³/mol. The smallest absolute Gasteiger partial charge is 0.128 e. The highest BCUT2D eigenvalue weighted by molar-refractivity contribution is 5.39. The van der Waals surface area contributed by atoms with Crippen molar-refractivity contribution in [3.05, 3.63) is 59.8 Å². The molecule has 1 aliphatic carbocycles. The molecule has 0 spiro atoms. The Labute approximate surface area is 150 Å². The molecule has 0 amide bonds. The lowest BCUT2D eigenvalue weighted by Gasteiger charge is -2.48. The van der Waals surface area contributed by atoms with Gasteiger partial charge in [0.15, 0.2) is 0 Å². The van der Waals surface area contributed by atoms with Crippen LogP contribution in [-0.2, 0) is 6.42 Å². The molecule has 0 radical (unpaired) electrons. The number of aliphatic hydroxyl groups is 1. The third kappa shape index (κ3) is 3.16. The van der Waals surface area contributed by atoms with E-state index in [1.165, 1.54) is 5.56 Å². The van der Waals surface area contributed by atoms with Crippen LogP contribution in [0.2, 0.25) is 0 Å². The Kier molecular flexibility index (Phi) is 4.73. The van der Waals surface area contributed by atoms with Crippen LogP contribution in [0, 0.1) is 0 Å². The van der Waals surface area contributed by atoms with E-state index in [0.717, 1.165) is 50.3 Å². The third-order valence-electron chi connectivity index (χ3n) is 5.85. The first-order valence-electron chi connectivity index (χ1n) is 9.45. The number of aliphatic hydroxyl groups excluding tert-OH is 1. The second-order valence-corrected chi connectivity index (χ2v) is 7.18. The number of benzene rings is 1. The molecule has 2 aromatic rings. The maximum atomic E-state index is 11.0. The number of anilines is 1. The SMILES string of the molecule is CCC1CN(c2ccccn2)CCN1C1CCc2ccccc2C1O. The number of fused-ring (bicyclic) bond motifs is 1. The summed E-state index contributed by atoms with van der Waals surface area (Å²) in [5.41, 5.74) is 2.44. The molecular weight excluding hydrogens is 310 g/mol. The Hall–Kier alpha value is -1.91. The van der Waals surface area contributed by atoms with E-state index in [2.05, 4.69) is 52.0 Å². The van der Waals surface area contributed by atoms with E-state index in [1.807, 2.05) is 18.3 Å². The second-order valence-electron chi connectivity index (χ2n) is 7.18. The molecule has 25 heavy (non-hydrogen) atoms. The average molecular weight is 337 g/mol. The van der Waals surface area contributed by atoms with Gasteiger partial charge in [0.1, 0.15) is 5.82 Å². The van der Waals surface area contributed by atoms with Crippen molar-refractivity contribution in [2.75, 3.05) is 24.5 Å². The Morgan fingerprint density at radius 3 is 2.76 bits per heavy atom. The van der Waals surface area contributed by atoms with Crippen molar-refractivity contribution in [1.29, 1.82) is 0 Å². The number of hydrogen-bond acceptors (Lipinski definition) is 4. The van der Waals surface area contributed by atoms with Gasteiger partial charge in [0, 0.05) is 37.9 Å². The minimum absolute atomic E-state index is 0.228. The molecule has 1 N–H and O–H groups in total. The van der Waals surface area contributed by atoms with Gasteiger partial charge in [-0.25, -0.2) is 4.98 Å². The highest BCUT2D eigenvalue weighted by Crippen LogP contribution is 2.35. The zero-order valence-electron chi connectivity index (χ0n) is 14.9. The van der Waals surface area contributed by atoms with Crippen molar-refractivity contribution < 1.29 is 5.11 Å². The number of aromatic nitrogens is 1. The second kappa shape index (κ2) is 7.14. The van der Waals surface area contributed by atoms with Gasteiger partial charge in [0.2, 0.25) is 0 Å². The van der Waals surface area contributed by atoms with Crippen molar-refractivity contribution in [2.24, 2.45) is 0 Å². The van der Waals surface area contributed by atoms with Crippen molar-refractivity contribution in [1.82, 2.24) is 9.88 Å². The Balaban J connectivity index is 1.52. The summed E-state index contributed by atoms with van der Waals surface area (Å²) in [6, 6.07) is 15.2. The lowest BCUT2D eigenvalue weighted by molar-refractivity contribution is 0.00546. The fourth-order valence-corrected chi connectivity index (χ4v) is 4.48. The van der Waals surface area contributed by atoms with Crippen LogP contribution >= 0.6 is 0 Å². The molecule has 3 unspecified atom stereocenters. The van der Waals surface area contributed by atoms with Gasteiger partial charge in [-0.3, -0.25) is 4.90 Å². The summed E-state index contributed by atoms with van der Waals surface area (Å²) in [5, 5.41) is 11.0. The number of pyridine rings is 1. The fourth-order valence-electron chi connectivity index (χ4n) is 4.48. The van der Waals surface area contributed by atoms with Crippen LogP contribution in [0.1, 0.15) is 37.0 Å². The molecule has 3 atom stereocenters. The van der Waals surface area contributed by atoms with E-state index in [0.29, 0.717) is 6.04 Å². The minimum atomic E-state index is -0.375. The summed E-state index contributed by atoms with van der Waals surface area (Å²) in [7, 11) is 0. The highest BCUT2D eigenvalue weighted by atomic mass is 16.3. The van der Waals surface area contributed by atoms with Crippen LogP contribution in [0.25, 0.3) is 0 Å². The van der Waals surface area contributed by atoms with Gasteiger partial charge >= 0.3 is 0 Å². The van der Waals surface area contributed by atoms with Crippen LogP contribution in [0.4, 0.5) is 5.82 Å². The van der Waals surface area contributed by atoms with E-state index in [1.54, 1.807) is 0 Å². The fraction of sp³-hybridized carbons (Fsp3) is 0.476. The summed E-state index contributed by atoms with van der Waals surface area (Å²) in [6.07, 6.45) is 4.69. The molecule has 1 aromatic carbocycles. The topological polar surface area (TPSA) is 39.6 Å². The number of piperazine rings is 1. The summed E-state index contributed by atoms with van der Waals surface area (Å²) in [5.74, 6) is 1.06. The summed E-state index contributed by atoms with van der Waals surface area (Å²) < 4.78 is 0. The molecule has 4 heteroatoms. The average Bonchev–Trinajstić information content (AvgIpc) is 2.69. The van der Waals surface area contributed by atoms with Gasteiger partial charge in [0.05, 0.1) is 6.10 Å². The molecule has 1 saturated heterocycles. The van der Waals surface area contributed by atoms with Crippen molar-refractivity contribution >= 4 is 5.82 Å². The summed E-state index contributed by atoms with van der Waals surface area (Å²) in [4.78, 5) is 9.45. The molecule has 0 saturated carbocycles. The first kappa shape index (κ1) is 16.6. The quantitative estimate of drug-likeness (QED) is 0.934. The number of rotatable bonds is 3. The molecule has 4 rings (SSSR count). The van der Waals surface area contributed by atoms with Crippen LogP contribution in [0.3, 0.4) is 0 Å². The van der Waals surface area contributed by atoms with E-state index < -0.39 is 0 Å². The minimum Gasteiger partial charge on any atom is -0.387 e. The Morgan fingerprint density at radius 2 is 1.96 bits per heavy atom. The summed E-state index contributed by atoms with van der Waals surface area (Å²) >= 11 is 0. The molecule has 2 aliphatic rings. The van der Waals surface area contributed by atoms with Crippen LogP contribution in [0.15, 0.2) is 48.7 Å². The van der Waals surface area contributed by atoms with E-state index in [-0.39, 0.29) is 12.1 Å². The van der Waals surface area contributed by atoms with Crippen molar-refractivity contribution in [3.8, 4) is 0 Å². The monoisotopic (exact) mass is 337 g/mol. The number of aryl methyl sites for hydroxylation is 1. The first-order valence-corrected chi connectivity index (χ1v) is 9.45. The number of nitrogens with zero attached hydrogens (tertiary/aromatic N) is 3. The van der Waals surface area contributed by atoms with Gasteiger partial charge in [-0.05, 0) is 42.5 Å². The van der Waals surface area contributed by atoms with Gasteiger partial charge < -0.3 is 10.0 Å². The van der Waals surface area contributed by atoms with Crippen molar-refractivity contribution in [3.63, 3.8) is 0 Å². The molecular formula is C21H27N3O. The molecule has 1 aliphatic heterocycles. The predicted octanol–water partition coefficient (Wildman–Crippen LogP) is 3.03. The third-order valence-corrected chi connectivity index (χ3v) is 5.85. The highest BCUT2D eigenvalue weighted by Gasteiger charge is 2.37. The largest absolute Gasteiger partial charge is 0.387 e. The van der Waals surface area contributed by atoms with Gasteiger partial charge in [0.25, 0.3) is 0 Å². The first-order chi connectivity index (χ1) is 12.3. The summed E-state index contributed by atoms with van der Waals surface area (Å²) in [6.45, 7) is 5.19. The molecule has 1 aromatic heterocycles. The zero-order valence-corrected chi connectivity index (χ0v) is 14.9. The standard InChI is InChI=1S/C21H27N3O/c1-2-17-15-23(20-9-5-6-12-22-20)13-14-24(17)19-11-10-16-7-3-4-8-18(16)21(19)25/h3-9,12,17,19,21,25H,2,10-11,13-15H2,1H3. The number of hydrogen-bond donors (Lipinski definition) is 1. The maximum absolute atomic E-state index is 11.0. The Bertz CT molecular complexity index is 705. The lowest BCUT2D eigenvalue weighted by atomic mass is 9.84. The van der Waals surface area contributed by atoms with Gasteiger partial charge in [-0.15, -0.1) is 0 Å². The van der Waals surface area contributed by atoms with Crippen molar-refractivity contribution in [2.45, 2.75) is 44.4 Å². The Morgan fingerprint density at radius 1 is 1.12 bits per heavy atom. The van der Waals surface area contributed by atoms with Crippen LogP contribution in [-0.4, -0.2) is 46.7 Å². The van der Waals surface area contributed by atoms with Crippen LogP contribution in [0.5, 0.6) is 0 Å². The lowest BCUT2D eigenvalue weighted by Crippen LogP contribution is -2.58. The molecule has 0 bridgehead atoms. The van der Waals surface area contributed by atoms with Gasteiger partial charge in [-0.1, -0.05) is 37.3 Å². The molecule has 4 nitrogen and oxygen atoms in total.